The van der Waals surface area contributed by atoms with E-state index in [4.69, 9.17) is 33.1 Å². The molecule has 118 valence electrons. The summed E-state index contributed by atoms with van der Waals surface area (Å²) in [6, 6.07) is 2.37. The topological polar surface area (TPSA) is 98.5 Å². The molecule has 1 aromatic carbocycles. The van der Waals surface area contributed by atoms with Gasteiger partial charge in [-0.2, -0.15) is 0 Å². The van der Waals surface area contributed by atoms with Crippen LogP contribution in [0.25, 0.3) is 0 Å². The number of carbonyl (C=O) groups is 1. The summed E-state index contributed by atoms with van der Waals surface area (Å²) in [5.74, 6) is -0.575. The van der Waals surface area contributed by atoms with Crippen LogP contribution in [0.4, 0.5) is 0 Å². The molecule has 1 amide bonds. The van der Waals surface area contributed by atoms with Gasteiger partial charge < -0.3 is 10.1 Å². The second kappa shape index (κ2) is 6.50. The summed E-state index contributed by atoms with van der Waals surface area (Å²) in [7, 11) is -2.59. The van der Waals surface area contributed by atoms with Crippen molar-refractivity contribution in [3.05, 3.63) is 27.7 Å². The van der Waals surface area contributed by atoms with Crippen molar-refractivity contribution in [3.8, 4) is 0 Å². The Hall–Kier alpha value is -0.860. The number of nitrogens with two attached hydrogens (primary N) is 1. The molecule has 0 unspecified atom stereocenters. The largest absolute Gasteiger partial charge is 0.382 e. The third kappa shape index (κ3) is 4.82. The highest BCUT2D eigenvalue weighted by molar-refractivity contribution is 7.89. The Morgan fingerprint density at radius 3 is 2.43 bits per heavy atom. The maximum absolute atomic E-state index is 12.2. The molecule has 0 aliphatic carbocycles. The molecule has 0 radical (unpaired) electrons. The Bertz CT molecular complexity index is 659. The Kier molecular flexibility index (Phi) is 5.63. The first kappa shape index (κ1) is 18.2. The van der Waals surface area contributed by atoms with Crippen LogP contribution in [0.5, 0.6) is 0 Å². The van der Waals surface area contributed by atoms with Crippen molar-refractivity contribution in [3.63, 3.8) is 0 Å². The van der Waals surface area contributed by atoms with Gasteiger partial charge in [0.15, 0.2) is 0 Å². The molecule has 0 saturated heterocycles. The molecule has 1 rings (SSSR count). The van der Waals surface area contributed by atoms with E-state index in [1.807, 2.05) is 0 Å². The molecule has 9 heteroatoms. The molecular weight excluding hydrogens is 339 g/mol. The van der Waals surface area contributed by atoms with E-state index in [0.29, 0.717) is 0 Å². The van der Waals surface area contributed by atoms with Crippen LogP contribution in [0.2, 0.25) is 10.0 Å². The van der Waals surface area contributed by atoms with E-state index in [1.165, 1.54) is 13.2 Å². The highest BCUT2D eigenvalue weighted by Gasteiger charge is 2.25. The number of benzene rings is 1. The van der Waals surface area contributed by atoms with E-state index in [9.17, 15) is 13.2 Å². The third-order valence-electron chi connectivity index (χ3n) is 2.51. The average Bonchev–Trinajstić information content (AvgIpc) is 2.29. The molecule has 21 heavy (non-hydrogen) atoms. The lowest BCUT2D eigenvalue weighted by molar-refractivity contribution is 0.0820. The number of hydrogen-bond acceptors (Lipinski definition) is 4. The zero-order chi connectivity index (χ0) is 16.4. The maximum atomic E-state index is 12.2. The number of halogens is 2. The molecule has 0 aliphatic rings. The van der Waals surface area contributed by atoms with E-state index in [1.54, 1.807) is 13.8 Å². The van der Waals surface area contributed by atoms with E-state index in [-0.39, 0.29) is 22.2 Å². The van der Waals surface area contributed by atoms with E-state index < -0.39 is 26.4 Å². The van der Waals surface area contributed by atoms with Gasteiger partial charge in [0.1, 0.15) is 4.90 Å². The molecule has 3 N–H and O–H groups in total. The second-order valence-corrected chi connectivity index (χ2v) is 7.43. The number of methoxy groups -OCH3 is 1. The molecular formula is C12H16Cl2N2O4S. The van der Waals surface area contributed by atoms with E-state index in [2.05, 4.69) is 5.32 Å². The summed E-state index contributed by atoms with van der Waals surface area (Å²) in [5, 5.41) is 7.49. The highest BCUT2D eigenvalue weighted by atomic mass is 35.5. The summed E-state index contributed by atoms with van der Waals surface area (Å²) >= 11 is 11.8. The number of hydrogen-bond donors (Lipinski definition) is 2. The predicted octanol–water partition coefficient (Wildman–Crippen LogP) is 1.80. The second-order valence-electron chi connectivity index (χ2n) is 5.08. The van der Waals surface area contributed by atoms with Crippen LogP contribution in [0, 0.1) is 0 Å². The third-order valence-corrected chi connectivity index (χ3v) is 4.18. The number of sulfonamides is 1. The van der Waals surface area contributed by atoms with E-state index >= 15 is 0 Å². The maximum Gasteiger partial charge on any atom is 0.253 e. The number of carbonyl (C=O) groups excluding carboxylic acids is 1. The summed E-state index contributed by atoms with van der Waals surface area (Å²) in [4.78, 5) is 11.8. The molecule has 0 saturated carbocycles. The fourth-order valence-electron chi connectivity index (χ4n) is 1.71. The first-order valence-electron chi connectivity index (χ1n) is 5.81. The minimum atomic E-state index is -4.09. The number of nitrogens with one attached hydrogen (secondary N) is 1. The van der Waals surface area contributed by atoms with Crippen LogP contribution in [0.15, 0.2) is 17.0 Å². The smallest absolute Gasteiger partial charge is 0.253 e. The monoisotopic (exact) mass is 354 g/mol. The van der Waals surface area contributed by atoms with Crippen LogP contribution in [-0.4, -0.2) is 33.6 Å². The Labute approximate surface area is 133 Å². The van der Waals surface area contributed by atoms with Crippen molar-refractivity contribution in [1.29, 1.82) is 0 Å². The van der Waals surface area contributed by atoms with Crippen molar-refractivity contribution >= 4 is 39.1 Å². The molecule has 0 heterocycles. The summed E-state index contributed by atoms with van der Waals surface area (Å²) in [6.07, 6.45) is 0. The number of primary sulfonamides is 1. The first-order chi connectivity index (χ1) is 9.48. The number of rotatable bonds is 5. The van der Waals surface area contributed by atoms with Gasteiger partial charge in [-0.05, 0) is 26.0 Å². The van der Waals surface area contributed by atoms with Crippen molar-refractivity contribution in [1.82, 2.24) is 5.32 Å². The average molecular weight is 355 g/mol. The van der Waals surface area contributed by atoms with Gasteiger partial charge in [-0.25, -0.2) is 13.6 Å². The lowest BCUT2D eigenvalue weighted by atomic mass is 10.1. The van der Waals surface area contributed by atoms with E-state index in [0.717, 1.165) is 6.07 Å². The molecule has 0 aromatic heterocycles. The van der Waals surface area contributed by atoms with Crippen molar-refractivity contribution in [2.75, 3.05) is 13.7 Å². The van der Waals surface area contributed by atoms with Gasteiger partial charge in [0.25, 0.3) is 5.91 Å². The summed E-state index contributed by atoms with van der Waals surface area (Å²) < 4.78 is 27.9. The molecule has 6 nitrogen and oxygen atoms in total. The molecule has 0 aliphatic heterocycles. The van der Waals surface area contributed by atoms with Crippen molar-refractivity contribution in [2.24, 2.45) is 5.14 Å². The van der Waals surface area contributed by atoms with Gasteiger partial charge in [0.05, 0.1) is 22.7 Å². The molecule has 0 spiro atoms. The Morgan fingerprint density at radius 1 is 1.38 bits per heavy atom. The fourth-order valence-corrected chi connectivity index (χ4v) is 3.16. The molecule has 0 fully saturated rings. The van der Waals surface area contributed by atoms with Gasteiger partial charge in [-0.15, -0.1) is 0 Å². The lowest BCUT2D eigenvalue weighted by Gasteiger charge is -2.25. The quantitative estimate of drug-likeness (QED) is 0.841. The molecule has 1 aromatic rings. The Morgan fingerprint density at radius 2 is 1.95 bits per heavy atom. The predicted molar refractivity (Wildman–Crippen MR) is 81.3 cm³/mol. The van der Waals surface area contributed by atoms with Crippen LogP contribution >= 0.6 is 23.2 Å². The number of ether oxygens (including phenoxy) is 1. The zero-order valence-corrected chi connectivity index (χ0v) is 14.1. The zero-order valence-electron chi connectivity index (χ0n) is 11.7. The summed E-state index contributed by atoms with van der Waals surface area (Å²) in [5.41, 5.74) is -0.739. The van der Waals surface area contributed by atoms with Gasteiger partial charge >= 0.3 is 0 Å². The fraction of sp³-hybridized carbons (Fsp3) is 0.417. The van der Waals surface area contributed by atoms with Crippen LogP contribution in [0.1, 0.15) is 24.2 Å². The van der Waals surface area contributed by atoms with Gasteiger partial charge in [0, 0.05) is 12.1 Å². The minimum Gasteiger partial charge on any atom is -0.382 e. The van der Waals surface area contributed by atoms with Crippen LogP contribution in [-0.2, 0) is 14.8 Å². The number of amides is 1. The Balaban J connectivity index is 3.26. The minimum absolute atomic E-state index is 0.0399. The van der Waals surface area contributed by atoms with Crippen molar-refractivity contribution < 1.29 is 17.9 Å². The normalized spacial score (nSPS) is 12.3. The standard InChI is InChI=1S/C12H16Cl2N2O4S/c1-12(2,6-20-3)16-11(17)8-4-7(13)5-9(10(8)14)21(15,18)19/h4-5H,6H2,1-3H3,(H,16,17)(H2,15,18,19). The first-order valence-corrected chi connectivity index (χ1v) is 8.11. The SMILES string of the molecule is COCC(C)(C)NC(=O)c1cc(Cl)cc(S(N)(=O)=O)c1Cl. The van der Waals surface area contributed by atoms with Crippen LogP contribution in [0.3, 0.4) is 0 Å². The van der Waals surface area contributed by atoms with Gasteiger partial charge in [-0.3, -0.25) is 4.79 Å². The van der Waals surface area contributed by atoms with Gasteiger partial charge in [-0.1, -0.05) is 23.2 Å². The molecule has 0 atom stereocenters. The highest BCUT2D eigenvalue weighted by Crippen LogP contribution is 2.29. The summed E-state index contributed by atoms with van der Waals surface area (Å²) in [6.45, 7) is 3.75. The van der Waals surface area contributed by atoms with Crippen molar-refractivity contribution in [2.45, 2.75) is 24.3 Å². The lowest BCUT2D eigenvalue weighted by Crippen LogP contribution is -2.46. The van der Waals surface area contributed by atoms with Crippen LogP contribution < -0.4 is 10.5 Å². The molecule has 0 bridgehead atoms. The van der Waals surface area contributed by atoms with Gasteiger partial charge in [0.2, 0.25) is 10.0 Å².